The third-order valence-electron chi connectivity index (χ3n) is 3.71. The largest absolute Gasteiger partial charge is 0.390 e. The molecule has 7 heteroatoms. The number of piperidine rings is 1. The van der Waals surface area contributed by atoms with Crippen LogP contribution in [0.4, 0.5) is 0 Å². The summed E-state index contributed by atoms with van der Waals surface area (Å²) < 4.78 is 26.6. The van der Waals surface area contributed by atoms with E-state index in [1.165, 1.54) is 0 Å². The van der Waals surface area contributed by atoms with Crippen LogP contribution in [0.3, 0.4) is 0 Å². The molecule has 1 aliphatic carbocycles. The summed E-state index contributed by atoms with van der Waals surface area (Å²) in [6.07, 6.45) is 4.39. The lowest BCUT2D eigenvalue weighted by molar-refractivity contribution is 0.113. The van der Waals surface area contributed by atoms with Crippen LogP contribution in [-0.4, -0.2) is 44.5 Å². The minimum Gasteiger partial charge on any atom is -0.390 e. The molecule has 0 bridgehead atoms. The Kier molecular flexibility index (Phi) is 6.34. The molecule has 1 saturated heterocycles. The summed E-state index contributed by atoms with van der Waals surface area (Å²) in [5.74, 6) is 0.537. The van der Waals surface area contributed by atoms with E-state index >= 15 is 0 Å². The lowest BCUT2D eigenvalue weighted by Crippen LogP contribution is -2.53. The van der Waals surface area contributed by atoms with Gasteiger partial charge in [-0.1, -0.05) is 12.8 Å². The van der Waals surface area contributed by atoms with E-state index < -0.39 is 16.1 Å². The molecule has 2 atom stereocenters. The molecule has 2 aliphatic rings. The molecule has 0 spiro atoms. The van der Waals surface area contributed by atoms with Crippen LogP contribution >= 0.6 is 12.4 Å². The van der Waals surface area contributed by atoms with Crippen molar-refractivity contribution in [2.24, 2.45) is 5.92 Å². The Morgan fingerprint density at radius 1 is 1.22 bits per heavy atom. The van der Waals surface area contributed by atoms with Gasteiger partial charge in [-0.25, -0.2) is 13.1 Å². The first-order valence-corrected chi connectivity index (χ1v) is 8.11. The molecule has 18 heavy (non-hydrogen) atoms. The third kappa shape index (κ3) is 4.66. The zero-order valence-electron chi connectivity index (χ0n) is 10.5. The van der Waals surface area contributed by atoms with Crippen LogP contribution in [-0.2, 0) is 10.0 Å². The van der Waals surface area contributed by atoms with E-state index in [2.05, 4.69) is 10.0 Å². The van der Waals surface area contributed by atoms with Gasteiger partial charge in [-0.05, 0) is 31.7 Å². The molecule has 0 amide bonds. The highest BCUT2D eigenvalue weighted by Gasteiger charge is 2.29. The standard InChI is InChI=1S/C11H22N2O3S.ClH/c14-11-7-12-6-5-10(11)13-17(15,16)8-9-3-1-2-4-9;/h9-14H,1-8H2;1H/t10-,11-;/m1./s1. The van der Waals surface area contributed by atoms with E-state index in [-0.39, 0.29) is 24.2 Å². The zero-order chi connectivity index (χ0) is 12.3. The highest BCUT2D eigenvalue weighted by molar-refractivity contribution is 7.89. The van der Waals surface area contributed by atoms with Gasteiger partial charge in [0.05, 0.1) is 17.9 Å². The number of halogens is 1. The van der Waals surface area contributed by atoms with Crippen molar-refractivity contribution in [3.8, 4) is 0 Å². The maximum Gasteiger partial charge on any atom is 0.212 e. The molecule has 0 aromatic rings. The first-order chi connectivity index (χ1) is 8.07. The number of rotatable bonds is 4. The summed E-state index contributed by atoms with van der Waals surface area (Å²) in [7, 11) is -3.24. The molecule has 1 aliphatic heterocycles. The molecule has 0 radical (unpaired) electrons. The van der Waals surface area contributed by atoms with Gasteiger partial charge in [0.2, 0.25) is 10.0 Å². The van der Waals surface area contributed by atoms with Gasteiger partial charge < -0.3 is 10.4 Å². The van der Waals surface area contributed by atoms with Crippen LogP contribution in [0.15, 0.2) is 0 Å². The normalized spacial score (nSPS) is 30.1. The summed E-state index contributed by atoms with van der Waals surface area (Å²) in [5, 5.41) is 12.7. The fourth-order valence-electron chi connectivity index (χ4n) is 2.75. The summed E-state index contributed by atoms with van der Waals surface area (Å²) in [6, 6.07) is -0.317. The Balaban J connectivity index is 0.00000162. The summed E-state index contributed by atoms with van der Waals surface area (Å²) in [5.41, 5.74) is 0. The predicted molar refractivity (Wildman–Crippen MR) is 73.4 cm³/mol. The van der Waals surface area contributed by atoms with Crippen molar-refractivity contribution in [3.63, 3.8) is 0 Å². The lowest BCUT2D eigenvalue weighted by Gasteiger charge is -2.29. The van der Waals surface area contributed by atoms with E-state index in [0.29, 0.717) is 18.9 Å². The highest BCUT2D eigenvalue weighted by Crippen LogP contribution is 2.25. The van der Waals surface area contributed by atoms with Crippen molar-refractivity contribution in [1.82, 2.24) is 10.0 Å². The van der Waals surface area contributed by atoms with Gasteiger partial charge in [-0.15, -0.1) is 12.4 Å². The van der Waals surface area contributed by atoms with Gasteiger partial charge in [0.25, 0.3) is 0 Å². The molecule has 2 fully saturated rings. The highest BCUT2D eigenvalue weighted by atomic mass is 35.5. The minimum atomic E-state index is -3.24. The number of aliphatic hydroxyl groups excluding tert-OH is 1. The van der Waals surface area contributed by atoms with Crippen LogP contribution in [0.1, 0.15) is 32.1 Å². The number of hydrogen-bond donors (Lipinski definition) is 3. The molecule has 108 valence electrons. The average molecular weight is 299 g/mol. The maximum absolute atomic E-state index is 12.0. The van der Waals surface area contributed by atoms with E-state index in [1.807, 2.05) is 0 Å². The molecule has 2 rings (SSSR count). The summed E-state index contributed by atoms with van der Waals surface area (Å²) in [4.78, 5) is 0. The Labute approximate surface area is 115 Å². The molecule has 3 N–H and O–H groups in total. The van der Waals surface area contributed by atoms with Gasteiger partial charge in [-0.3, -0.25) is 0 Å². The Hall–Kier alpha value is 0.120. The number of sulfonamides is 1. The van der Waals surface area contributed by atoms with E-state index in [4.69, 9.17) is 0 Å². The second kappa shape index (κ2) is 7.05. The third-order valence-corrected chi connectivity index (χ3v) is 5.28. The van der Waals surface area contributed by atoms with Crippen LogP contribution in [0.25, 0.3) is 0 Å². The molecule has 5 nitrogen and oxygen atoms in total. The van der Waals surface area contributed by atoms with Crippen LogP contribution < -0.4 is 10.0 Å². The second-order valence-electron chi connectivity index (χ2n) is 5.22. The van der Waals surface area contributed by atoms with Gasteiger partial charge in [0.15, 0.2) is 0 Å². The zero-order valence-corrected chi connectivity index (χ0v) is 12.1. The summed E-state index contributed by atoms with van der Waals surface area (Å²) in [6.45, 7) is 1.23. The molecule has 1 heterocycles. The quantitative estimate of drug-likeness (QED) is 0.695. The first-order valence-electron chi connectivity index (χ1n) is 6.45. The minimum absolute atomic E-state index is 0. The SMILES string of the molecule is Cl.O=S(=O)(CC1CCCC1)N[C@@H]1CCNC[C@H]1O. The molecular weight excluding hydrogens is 276 g/mol. The van der Waals surface area contributed by atoms with E-state index in [1.54, 1.807) is 0 Å². The predicted octanol–water partition coefficient (Wildman–Crippen LogP) is 0.241. The van der Waals surface area contributed by atoms with Crippen LogP contribution in [0, 0.1) is 5.92 Å². The average Bonchev–Trinajstić information content (AvgIpc) is 2.73. The Morgan fingerprint density at radius 2 is 1.89 bits per heavy atom. The fraction of sp³-hybridized carbons (Fsp3) is 1.00. The smallest absolute Gasteiger partial charge is 0.212 e. The number of aliphatic hydroxyl groups is 1. The van der Waals surface area contributed by atoms with Crippen molar-refractivity contribution < 1.29 is 13.5 Å². The topological polar surface area (TPSA) is 78.4 Å². The van der Waals surface area contributed by atoms with Crippen LogP contribution in [0.5, 0.6) is 0 Å². The number of nitrogens with one attached hydrogen (secondary N) is 2. The molecule has 1 saturated carbocycles. The van der Waals surface area contributed by atoms with Gasteiger partial charge in [-0.2, -0.15) is 0 Å². The van der Waals surface area contributed by atoms with E-state index in [9.17, 15) is 13.5 Å². The number of hydrogen-bond acceptors (Lipinski definition) is 4. The van der Waals surface area contributed by atoms with E-state index in [0.717, 1.165) is 32.2 Å². The molecule has 0 aromatic carbocycles. The van der Waals surface area contributed by atoms with Gasteiger partial charge in [0.1, 0.15) is 0 Å². The van der Waals surface area contributed by atoms with Gasteiger partial charge >= 0.3 is 0 Å². The maximum atomic E-state index is 12.0. The monoisotopic (exact) mass is 298 g/mol. The molecule has 0 unspecified atom stereocenters. The van der Waals surface area contributed by atoms with Crippen LogP contribution in [0.2, 0.25) is 0 Å². The second-order valence-corrected chi connectivity index (χ2v) is 7.01. The molecular formula is C11H23ClN2O3S. The molecule has 0 aromatic heterocycles. The number of β-amino-alcohol motifs (C(OH)–C–C–N with tert-alkyl or cyclic N) is 1. The van der Waals surface area contributed by atoms with Crippen molar-refractivity contribution in [2.45, 2.75) is 44.2 Å². The van der Waals surface area contributed by atoms with Crippen molar-refractivity contribution in [2.75, 3.05) is 18.8 Å². The Bertz CT molecular complexity index is 344. The van der Waals surface area contributed by atoms with Gasteiger partial charge in [0, 0.05) is 6.54 Å². The summed E-state index contributed by atoms with van der Waals surface area (Å²) >= 11 is 0. The fourth-order valence-corrected chi connectivity index (χ4v) is 4.53. The van der Waals surface area contributed by atoms with Crippen molar-refractivity contribution in [3.05, 3.63) is 0 Å². The first kappa shape index (κ1) is 16.2. The lowest BCUT2D eigenvalue weighted by atomic mass is 10.1. The van der Waals surface area contributed by atoms with Crippen molar-refractivity contribution in [1.29, 1.82) is 0 Å². The Morgan fingerprint density at radius 3 is 2.50 bits per heavy atom. The van der Waals surface area contributed by atoms with Crippen molar-refractivity contribution >= 4 is 22.4 Å².